The summed E-state index contributed by atoms with van der Waals surface area (Å²) in [5.74, 6) is -0.701. The highest BCUT2D eigenvalue weighted by atomic mass is 19.1. The van der Waals surface area contributed by atoms with E-state index in [1.165, 1.54) is 13.2 Å². The molecule has 0 spiro atoms. The number of esters is 1. The van der Waals surface area contributed by atoms with Crippen molar-refractivity contribution in [2.75, 3.05) is 20.3 Å². The number of methoxy groups -OCH3 is 1. The topological polar surface area (TPSA) is 74.3 Å². The average Bonchev–Trinajstić information content (AvgIpc) is 3.01. The highest BCUT2D eigenvalue weighted by Crippen LogP contribution is 2.42. The van der Waals surface area contributed by atoms with Gasteiger partial charge in [-0.2, -0.15) is 0 Å². The van der Waals surface area contributed by atoms with Crippen LogP contribution in [0.4, 0.5) is 9.18 Å². The van der Waals surface area contributed by atoms with E-state index >= 15 is 0 Å². The van der Waals surface area contributed by atoms with Crippen LogP contribution >= 0.6 is 0 Å². The molecule has 1 aliphatic rings. The van der Waals surface area contributed by atoms with Crippen molar-refractivity contribution in [1.29, 1.82) is 0 Å². The average molecular weight is 600 g/mol. The van der Waals surface area contributed by atoms with Crippen LogP contribution in [0.25, 0.3) is 10.8 Å². The number of fused-ring (bicyclic) bond motifs is 2. The summed E-state index contributed by atoms with van der Waals surface area (Å²) >= 11 is 0. The zero-order chi connectivity index (χ0) is 31.4. The van der Waals surface area contributed by atoms with Gasteiger partial charge in [0.1, 0.15) is 17.5 Å². The summed E-state index contributed by atoms with van der Waals surface area (Å²) in [6.45, 7) is 7.42. The fourth-order valence-corrected chi connectivity index (χ4v) is 5.68. The number of para-hydroxylation sites is 1. The molecule has 0 aromatic heterocycles. The van der Waals surface area contributed by atoms with E-state index in [4.69, 9.17) is 14.2 Å². The predicted octanol–water partition coefficient (Wildman–Crippen LogP) is 7.81. The lowest BCUT2D eigenvalue weighted by Gasteiger charge is -2.38. The second-order valence-corrected chi connectivity index (χ2v) is 12.0. The Hall–Kier alpha value is -4.59. The van der Waals surface area contributed by atoms with Crippen LogP contribution in [0.2, 0.25) is 0 Å². The van der Waals surface area contributed by atoms with Crippen molar-refractivity contribution >= 4 is 22.8 Å². The maximum atomic E-state index is 14.7. The molecule has 1 aliphatic heterocycles. The molecule has 7 nitrogen and oxygen atoms in total. The Balaban J connectivity index is 1.48. The van der Waals surface area contributed by atoms with Crippen molar-refractivity contribution in [3.8, 4) is 11.5 Å². The first-order valence-corrected chi connectivity index (χ1v) is 14.8. The molecule has 0 aliphatic carbocycles. The Morgan fingerprint density at radius 1 is 1.00 bits per heavy atom. The lowest BCUT2D eigenvalue weighted by Crippen LogP contribution is -2.45. The van der Waals surface area contributed by atoms with E-state index in [0.29, 0.717) is 12.2 Å². The van der Waals surface area contributed by atoms with Crippen molar-refractivity contribution in [2.45, 2.75) is 57.8 Å². The van der Waals surface area contributed by atoms with Gasteiger partial charge in [-0.1, -0.05) is 66.7 Å². The number of benzene rings is 4. The zero-order valence-electron chi connectivity index (χ0n) is 25.7. The van der Waals surface area contributed by atoms with Gasteiger partial charge in [0.05, 0.1) is 19.7 Å². The van der Waals surface area contributed by atoms with E-state index in [1.807, 2.05) is 76.2 Å². The molecule has 1 amide bonds. The molecule has 3 unspecified atom stereocenters. The minimum absolute atomic E-state index is 0.0339. The van der Waals surface area contributed by atoms with Crippen molar-refractivity contribution in [2.24, 2.45) is 0 Å². The lowest BCUT2D eigenvalue weighted by molar-refractivity contribution is -0.142. The van der Waals surface area contributed by atoms with Gasteiger partial charge in [0, 0.05) is 11.5 Å². The molecule has 0 saturated heterocycles. The molecule has 230 valence electrons. The van der Waals surface area contributed by atoms with Crippen molar-refractivity contribution in [3.63, 3.8) is 0 Å². The second-order valence-electron chi connectivity index (χ2n) is 12.0. The van der Waals surface area contributed by atoms with Gasteiger partial charge in [-0.05, 0) is 74.2 Å². The number of hydrogen-bond acceptors (Lipinski definition) is 6. The summed E-state index contributed by atoms with van der Waals surface area (Å²) in [5.41, 5.74) is 2.07. The Morgan fingerprint density at radius 2 is 1.73 bits per heavy atom. The molecule has 0 saturated carbocycles. The Bertz CT molecular complexity index is 1640. The third-order valence-electron chi connectivity index (χ3n) is 7.79. The van der Waals surface area contributed by atoms with Crippen molar-refractivity contribution < 1.29 is 32.9 Å². The smallest absolute Gasteiger partial charge is 0.410 e. The van der Waals surface area contributed by atoms with Crippen LogP contribution in [-0.4, -0.2) is 48.9 Å². The first-order valence-electron chi connectivity index (χ1n) is 14.8. The summed E-state index contributed by atoms with van der Waals surface area (Å²) in [4.78, 5) is 27.1. The molecule has 1 heterocycles. The van der Waals surface area contributed by atoms with Crippen LogP contribution in [0.5, 0.6) is 11.5 Å². The number of carbonyl (C=O) groups is 2. The number of carbonyl (C=O) groups excluding carboxylic acids is 2. The maximum Gasteiger partial charge on any atom is 0.410 e. The van der Waals surface area contributed by atoms with Crippen LogP contribution in [0.1, 0.15) is 62.8 Å². The van der Waals surface area contributed by atoms with E-state index in [1.54, 1.807) is 17.0 Å². The highest BCUT2D eigenvalue weighted by molar-refractivity contribution is 5.86. The SMILES string of the molecule is COC(=O)COc1cc(C2CC(CN(C(=O)OC(C)(C)C)C(C)c3cccc4ccccc34)Oc3ccccc32)ccc1F. The Labute approximate surface area is 257 Å². The molecule has 44 heavy (non-hydrogen) atoms. The van der Waals surface area contributed by atoms with Gasteiger partial charge in [0.15, 0.2) is 18.2 Å². The van der Waals surface area contributed by atoms with E-state index in [9.17, 15) is 14.0 Å². The molecular formula is C36H38FNO6. The lowest BCUT2D eigenvalue weighted by atomic mass is 9.84. The van der Waals surface area contributed by atoms with E-state index < -0.39 is 36.2 Å². The minimum atomic E-state index is -0.689. The molecule has 0 N–H and O–H groups in total. The third kappa shape index (κ3) is 6.96. The van der Waals surface area contributed by atoms with Crippen LogP contribution in [0.15, 0.2) is 84.9 Å². The third-order valence-corrected chi connectivity index (χ3v) is 7.79. The Morgan fingerprint density at radius 3 is 2.50 bits per heavy atom. The van der Waals surface area contributed by atoms with E-state index in [2.05, 4.69) is 22.9 Å². The van der Waals surface area contributed by atoms with Gasteiger partial charge in [-0.15, -0.1) is 0 Å². The molecule has 5 rings (SSSR count). The summed E-state index contributed by atoms with van der Waals surface area (Å²) in [7, 11) is 1.25. The first kappa shape index (κ1) is 30.9. The molecule has 4 aromatic carbocycles. The van der Waals surface area contributed by atoms with Crippen molar-refractivity contribution in [1.82, 2.24) is 4.90 Å². The molecular weight excluding hydrogens is 561 g/mol. The van der Waals surface area contributed by atoms with E-state index in [0.717, 1.165) is 27.5 Å². The van der Waals surface area contributed by atoms with Gasteiger partial charge in [0.2, 0.25) is 0 Å². The van der Waals surface area contributed by atoms with Crippen LogP contribution < -0.4 is 9.47 Å². The molecule has 0 radical (unpaired) electrons. The number of amides is 1. The summed E-state index contributed by atoms with van der Waals surface area (Å²) in [6, 6.07) is 26.3. The van der Waals surface area contributed by atoms with Crippen LogP contribution in [0, 0.1) is 5.82 Å². The fraction of sp³-hybridized carbons (Fsp3) is 0.333. The molecule has 3 atom stereocenters. The summed E-state index contributed by atoms with van der Waals surface area (Å²) in [6.07, 6.45) is -0.317. The van der Waals surface area contributed by atoms with Gasteiger partial charge >= 0.3 is 12.1 Å². The van der Waals surface area contributed by atoms with E-state index in [-0.39, 0.29) is 24.3 Å². The number of ether oxygens (including phenoxy) is 4. The number of rotatable bonds is 8. The van der Waals surface area contributed by atoms with Gasteiger partial charge in [-0.25, -0.2) is 14.0 Å². The molecule has 8 heteroatoms. The second kappa shape index (κ2) is 13.0. The normalized spacial score (nSPS) is 16.8. The first-order chi connectivity index (χ1) is 21.0. The van der Waals surface area contributed by atoms with Crippen LogP contribution in [0.3, 0.4) is 0 Å². The van der Waals surface area contributed by atoms with Crippen molar-refractivity contribution in [3.05, 3.63) is 107 Å². The van der Waals surface area contributed by atoms with Gasteiger partial charge in [0.25, 0.3) is 0 Å². The summed E-state index contributed by atoms with van der Waals surface area (Å²) < 4.78 is 37.1. The quantitative estimate of drug-likeness (QED) is 0.192. The largest absolute Gasteiger partial charge is 0.488 e. The number of hydrogen-bond donors (Lipinski definition) is 0. The maximum absolute atomic E-state index is 14.7. The van der Waals surface area contributed by atoms with Crippen LogP contribution in [-0.2, 0) is 14.3 Å². The Kier molecular flexibility index (Phi) is 9.09. The van der Waals surface area contributed by atoms with Gasteiger partial charge < -0.3 is 18.9 Å². The number of halogens is 1. The fourth-order valence-electron chi connectivity index (χ4n) is 5.68. The molecule has 4 aromatic rings. The zero-order valence-corrected chi connectivity index (χ0v) is 25.7. The summed E-state index contributed by atoms with van der Waals surface area (Å²) in [5, 5.41) is 2.15. The monoisotopic (exact) mass is 599 g/mol. The number of nitrogens with zero attached hydrogens (tertiary/aromatic N) is 1. The van der Waals surface area contributed by atoms with Gasteiger partial charge in [-0.3, -0.25) is 4.90 Å². The predicted molar refractivity (Wildman–Crippen MR) is 167 cm³/mol. The molecule has 0 fully saturated rings. The standard InChI is InChI=1S/C36H38FNO6/c1-23(27-15-10-12-24-11-6-7-13-28(24)27)38(35(40)44-36(2,3)4)21-26-20-30(29-14-8-9-16-32(29)43-26)25-17-18-31(37)33(19-25)42-22-34(39)41-5/h6-19,23,26,30H,20-22H2,1-5H3. The highest BCUT2D eigenvalue weighted by Gasteiger charge is 2.35. The minimum Gasteiger partial charge on any atom is -0.488 e. The molecule has 0 bridgehead atoms.